The summed E-state index contributed by atoms with van der Waals surface area (Å²) in [5.74, 6) is 1.23. The van der Waals surface area contributed by atoms with E-state index in [2.05, 4.69) is 39.1 Å². The molecule has 0 saturated heterocycles. The van der Waals surface area contributed by atoms with E-state index in [-0.39, 0.29) is 13.4 Å². The Morgan fingerprint density at radius 3 is 2.74 bits per heavy atom. The number of nitrogens with two attached hydrogens (primary N) is 2. The number of H-pyrrole nitrogens is 1. The molecule has 2 aromatic heterocycles. The molecule has 1 atom stereocenters. The standard InChI is InChI=1S/C24H31N7.H2/c25-24(26)28-17-10-12-18(13-11-17)31(15-22-29-19-7-1-2-8-20(19)30-22)21-9-3-5-16-6-4-14-27-23(16)21;/h1-2,4,6-8,14,17-18,21H,3,5,9-13,15H2,(H,29,30)(H4,25,26,28);1H. The Labute approximate surface area is 184 Å². The number of hydrogen-bond acceptors (Lipinski definition) is 4. The summed E-state index contributed by atoms with van der Waals surface area (Å²) in [5, 5.41) is 0. The molecule has 0 bridgehead atoms. The van der Waals surface area contributed by atoms with E-state index >= 15 is 0 Å². The van der Waals surface area contributed by atoms with E-state index in [1.165, 1.54) is 17.7 Å². The summed E-state index contributed by atoms with van der Waals surface area (Å²) < 4.78 is 0. The Morgan fingerprint density at radius 1 is 1.10 bits per heavy atom. The predicted octanol–water partition coefficient (Wildman–Crippen LogP) is 3.67. The molecule has 164 valence electrons. The molecule has 2 aliphatic rings. The summed E-state index contributed by atoms with van der Waals surface area (Å²) in [6.07, 6.45) is 9.59. The third kappa shape index (κ3) is 4.28. The van der Waals surface area contributed by atoms with Gasteiger partial charge >= 0.3 is 0 Å². The predicted molar refractivity (Wildman–Crippen MR) is 126 cm³/mol. The number of nitrogens with one attached hydrogen (secondary N) is 1. The van der Waals surface area contributed by atoms with Gasteiger partial charge in [0.1, 0.15) is 5.82 Å². The van der Waals surface area contributed by atoms with Crippen LogP contribution in [0.4, 0.5) is 0 Å². The van der Waals surface area contributed by atoms with Crippen LogP contribution in [0.5, 0.6) is 0 Å². The highest BCUT2D eigenvalue weighted by atomic mass is 15.2. The van der Waals surface area contributed by atoms with Crippen LogP contribution in [-0.4, -0.2) is 37.9 Å². The smallest absolute Gasteiger partial charge is 0.186 e. The van der Waals surface area contributed by atoms with Crippen LogP contribution in [-0.2, 0) is 13.0 Å². The monoisotopic (exact) mass is 419 g/mol. The lowest BCUT2D eigenvalue weighted by Crippen LogP contribution is -2.42. The van der Waals surface area contributed by atoms with Crippen molar-refractivity contribution in [2.75, 3.05) is 0 Å². The van der Waals surface area contributed by atoms with Gasteiger partial charge in [0.05, 0.1) is 35.4 Å². The van der Waals surface area contributed by atoms with Crippen molar-refractivity contribution in [3.8, 4) is 0 Å². The fourth-order valence-electron chi connectivity index (χ4n) is 5.38. The van der Waals surface area contributed by atoms with E-state index in [1.54, 1.807) is 0 Å². The maximum Gasteiger partial charge on any atom is 0.186 e. The molecule has 0 aliphatic heterocycles. The van der Waals surface area contributed by atoms with Crippen LogP contribution in [0.25, 0.3) is 11.0 Å². The van der Waals surface area contributed by atoms with E-state index in [0.717, 1.165) is 61.9 Å². The van der Waals surface area contributed by atoms with E-state index in [4.69, 9.17) is 21.4 Å². The SMILES string of the molecule is NC(N)=NC1CCC(N(Cc2nc3ccccc3[nH]2)C2CCCc3cccnc32)CC1.[HH]. The highest BCUT2D eigenvalue weighted by Gasteiger charge is 2.34. The quantitative estimate of drug-likeness (QED) is 0.432. The summed E-state index contributed by atoms with van der Waals surface area (Å²) in [7, 11) is 0. The molecule has 0 amide bonds. The zero-order valence-corrected chi connectivity index (χ0v) is 17.9. The van der Waals surface area contributed by atoms with E-state index < -0.39 is 0 Å². The van der Waals surface area contributed by atoms with Crippen molar-refractivity contribution < 1.29 is 1.43 Å². The minimum absolute atomic E-state index is 0. The van der Waals surface area contributed by atoms with Crippen molar-refractivity contribution in [1.29, 1.82) is 0 Å². The van der Waals surface area contributed by atoms with Crippen molar-refractivity contribution in [2.24, 2.45) is 16.5 Å². The van der Waals surface area contributed by atoms with Crippen LogP contribution in [0.3, 0.4) is 0 Å². The Hall–Kier alpha value is -2.93. The fourth-order valence-corrected chi connectivity index (χ4v) is 5.38. The number of nitrogens with zero attached hydrogens (tertiary/aromatic N) is 4. The van der Waals surface area contributed by atoms with E-state index in [1.807, 2.05) is 18.3 Å². The number of hydrogen-bond donors (Lipinski definition) is 3. The van der Waals surface area contributed by atoms with Crippen molar-refractivity contribution in [3.05, 3.63) is 59.7 Å². The van der Waals surface area contributed by atoms with Gasteiger partial charge in [-0.15, -0.1) is 0 Å². The first-order valence-electron chi connectivity index (χ1n) is 11.4. The second kappa shape index (κ2) is 8.67. The van der Waals surface area contributed by atoms with Crippen LogP contribution >= 0.6 is 0 Å². The number of aromatic amines is 1. The number of aryl methyl sites for hydroxylation is 1. The summed E-state index contributed by atoms with van der Waals surface area (Å²) in [6, 6.07) is 13.6. The molecule has 1 saturated carbocycles. The van der Waals surface area contributed by atoms with Crippen LogP contribution in [0, 0.1) is 0 Å². The molecule has 5 rings (SSSR count). The highest BCUT2D eigenvalue weighted by molar-refractivity contribution is 5.76. The maximum absolute atomic E-state index is 5.62. The van der Waals surface area contributed by atoms with Crippen molar-refractivity contribution in [2.45, 2.75) is 69.6 Å². The van der Waals surface area contributed by atoms with Gasteiger partial charge in [0.25, 0.3) is 0 Å². The molecule has 0 radical (unpaired) electrons. The Balaban J connectivity index is 0.00000245. The molecule has 1 unspecified atom stereocenters. The third-order valence-electron chi connectivity index (χ3n) is 6.80. The van der Waals surface area contributed by atoms with Gasteiger partial charge in [0.15, 0.2) is 5.96 Å². The lowest BCUT2D eigenvalue weighted by Gasteiger charge is -2.42. The van der Waals surface area contributed by atoms with Gasteiger partial charge in [-0.2, -0.15) is 0 Å². The molecule has 7 heteroatoms. The Bertz CT molecular complexity index is 1030. The maximum atomic E-state index is 5.62. The van der Waals surface area contributed by atoms with Gasteiger partial charge in [-0.3, -0.25) is 14.9 Å². The minimum atomic E-state index is 0. The number of aliphatic imine (C=N–C) groups is 1. The number of benzene rings is 1. The molecule has 3 aromatic rings. The van der Waals surface area contributed by atoms with Gasteiger partial charge in [-0.05, 0) is 68.7 Å². The normalized spacial score (nSPS) is 23.6. The Morgan fingerprint density at radius 2 is 1.94 bits per heavy atom. The van der Waals surface area contributed by atoms with Crippen LogP contribution in [0.1, 0.15) is 63.1 Å². The number of imidazole rings is 1. The second-order valence-corrected chi connectivity index (χ2v) is 8.85. The lowest BCUT2D eigenvalue weighted by molar-refractivity contribution is 0.0762. The molecule has 1 fully saturated rings. The minimum Gasteiger partial charge on any atom is -0.370 e. The van der Waals surface area contributed by atoms with E-state index in [0.29, 0.717) is 12.1 Å². The number of fused-ring (bicyclic) bond motifs is 2. The molecule has 2 aliphatic carbocycles. The molecule has 2 heterocycles. The lowest BCUT2D eigenvalue weighted by atomic mass is 9.85. The zero-order chi connectivity index (χ0) is 21.2. The topological polar surface area (TPSA) is 109 Å². The van der Waals surface area contributed by atoms with Gasteiger partial charge in [0.2, 0.25) is 0 Å². The summed E-state index contributed by atoms with van der Waals surface area (Å²) in [4.78, 5) is 20.3. The largest absolute Gasteiger partial charge is 0.370 e. The zero-order valence-electron chi connectivity index (χ0n) is 17.9. The number of aromatic nitrogens is 3. The first-order chi connectivity index (χ1) is 15.2. The molecule has 7 nitrogen and oxygen atoms in total. The molecular weight excluding hydrogens is 386 g/mol. The van der Waals surface area contributed by atoms with Crippen molar-refractivity contribution >= 4 is 17.0 Å². The summed E-state index contributed by atoms with van der Waals surface area (Å²) in [5.41, 5.74) is 16.0. The molecular formula is C24H33N7. The fraction of sp³-hybridized carbons (Fsp3) is 0.458. The van der Waals surface area contributed by atoms with Gasteiger partial charge in [0, 0.05) is 13.7 Å². The van der Waals surface area contributed by atoms with Crippen LogP contribution in [0.15, 0.2) is 47.6 Å². The van der Waals surface area contributed by atoms with Crippen molar-refractivity contribution in [3.63, 3.8) is 0 Å². The summed E-state index contributed by atoms with van der Waals surface area (Å²) >= 11 is 0. The number of pyridine rings is 1. The number of rotatable bonds is 5. The first-order valence-corrected chi connectivity index (χ1v) is 11.4. The van der Waals surface area contributed by atoms with Gasteiger partial charge in [-0.1, -0.05) is 18.2 Å². The first kappa shape index (κ1) is 20.0. The molecule has 1 aromatic carbocycles. The molecule has 31 heavy (non-hydrogen) atoms. The summed E-state index contributed by atoms with van der Waals surface area (Å²) in [6.45, 7) is 0.799. The number of para-hydroxylation sites is 2. The van der Waals surface area contributed by atoms with E-state index in [9.17, 15) is 0 Å². The van der Waals surface area contributed by atoms with Gasteiger partial charge < -0.3 is 16.5 Å². The molecule has 5 N–H and O–H groups in total. The average molecular weight is 420 g/mol. The molecule has 0 spiro atoms. The van der Waals surface area contributed by atoms with Crippen LogP contribution < -0.4 is 11.5 Å². The Kier molecular flexibility index (Phi) is 5.59. The van der Waals surface area contributed by atoms with Gasteiger partial charge in [-0.25, -0.2) is 4.98 Å². The second-order valence-electron chi connectivity index (χ2n) is 8.85. The third-order valence-corrected chi connectivity index (χ3v) is 6.80. The highest BCUT2D eigenvalue weighted by Crippen LogP contribution is 2.38. The average Bonchev–Trinajstić information content (AvgIpc) is 3.20. The number of guanidine groups is 1. The van der Waals surface area contributed by atoms with Crippen LogP contribution in [0.2, 0.25) is 0 Å². The van der Waals surface area contributed by atoms with Crippen molar-refractivity contribution in [1.82, 2.24) is 19.9 Å².